The number of hydrogen-bond donors (Lipinski definition) is 3. The summed E-state index contributed by atoms with van der Waals surface area (Å²) in [5, 5.41) is 16.7. The molecule has 3 N–H and O–H groups in total. The number of halogens is 4. The van der Waals surface area contributed by atoms with Crippen LogP contribution in [0, 0.1) is 17.7 Å². The molecule has 0 heterocycles. The van der Waals surface area contributed by atoms with E-state index in [1.807, 2.05) is 0 Å². The molecular weight excluding hydrogens is 461 g/mol. The summed E-state index contributed by atoms with van der Waals surface area (Å²) in [6.45, 7) is -0.343. The predicted molar refractivity (Wildman–Crippen MR) is 115 cm³/mol. The topological polar surface area (TPSA) is 87.7 Å². The number of alkyl halides is 2. The molecule has 0 aliphatic heterocycles. The van der Waals surface area contributed by atoms with Gasteiger partial charge in [0, 0.05) is 23.4 Å². The van der Waals surface area contributed by atoms with Gasteiger partial charge in [0.05, 0.1) is 16.7 Å². The minimum atomic E-state index is -2.40. The van der Waals surface area contributed by atoms with E-state index in [-0.39, 0.29) is 36.1 Å². The number of nitrogens with one attached hydrogen (secondary N) is 2. The molecule has 0 saturated heterocycles. The van der Waals surface area contributed by atoms with E-state index in [0.717, 1.165) is 6.07 Å². The van der Waals surface area contributed by atoms with Crippen LogP contribution in [0.5, 0.6) is 5.75 Å². The number of aliphatic hydroxyl groups excluding tert-OH is 1. The molecule has 2 amide bonds. The molecule has 6 nitrogen and oxygen atoms in total. The van der Waals surface area contributed by atoms with Crippen LogP contribution >= 0.6 is 11.6 Å². The maximum atomic E-state index is 13.5. The first kappa shape index (κ1) is 24.1. The average molecular weight is 489 g/mol. The van der Waals surface area contributed by atoms with Crippen molar-refractivity contribution >= 4 is 23.4 Å². The van der Waals surface area contributed by atoms with Crippen molar-refractivity contribution in [1.82, 2.24) is 10.6 Å². The fourth-order valence-electron chi connectivity index (χ4n) is 5.54. The zero-order valence-corrected chi connectivity index (χ0v) is 18.8. The number of fused-ring (bicyclic) bond motifs is 3. The Morgan fingerprint density at radius 2 is 1.91 bits per heavy atom. The van der Waals surface area contributed by atoms with Gasteiger partial charge >= 0.3 is 0 Å². The summed E-state index contributed by atoms with van der Waals surface area (Å²) in [6, 6.07) is 3.88. The Balaban J connectivity index is 1.30. The molecule has 0 radical (unpaired) electrons. The second-order valence-electron chi connectivity index (χ2n) is 9.66. The first-order valence-corrected chi connectivity index (χ1v) is 11.7. The van der Waals surface area contributed by atoms with Crippen molar-refractivity contribution in [1.29, 1.82) is 0 Å². The maximum Gasteiger partial charge on any atom is 0.258 e. The van der Waals surface area contributed by atoms with Crippen molar-refractivity contribution in [3.63, 3.8) is 0 Å². The number of benzene rings is 1. The smallest absolute Gasteiger partial charge is 0.258 e. The van der Waals surface area contributed by atoms with Gasteiger partial charge in [-0.1, -0.05) is 11.6 Å². The Labute approximate surface area is 195 Å². The van der Waals surface area contributed by atoms with E-state index >= 15 is 0 Å². The molecule has 4 aliphatic carbocycles. The zero-order chi connectivity index (χ0) is 23.8. The minimum Gasteiger partial charge on any atom is -0.484 e. The van der Waals surface area contributed by atoms with Gasteiger partial charge in [0.1, 0.15) is 11.6 Å². The van der Waals surface area contributed by atoms with Crippen LogP contribution in [-0.2, 0) is 9.59 Å². The second-order valence-corrected chi connectivity index (χ2v) is 10.1. The third kappa shape index (κ3) is 5.09. The van der Waals surface area contributed by atoms with E-state index in [2.05, 4.69) is 10.6 Å². The molecule has 33 heavy (non-hydrogen) atoms. The van der Waals surface area contributed by atoms with E-state index in [1.54, 1.807) is 0 Å². The fourth-order valence-corrected chi connectivity index (χ4v) is 5.66. The highest BCUT2D eigenvalue weighted by Gasteiger charge is 2.55. The highest BCUT2D eigenvalue weighted by molar-refractivity contribution is 6.30. The SMILES string of the molecule is O=C(COc1ccc(Cl)c(F)c1)NC12CCC(NC(=O)C3CCC(C(F)F)C3)(CC1)C[C@@H]2O. The number of amides is 2. The summed E-state index contributed by atoms with van der Waals surface area (Å²) in [4.78, 5) is 25.2. The Bertz CT molecular complexity index is 908. The number of carbonyl (C=O) groups is 2. The van der Waals surface area contributed by atoms with Crippen molar-refractivity contribution in [2.24, 2.45) is 11.8 Å². The zero-order valence-electron chi connectivity index (χ0n) is 18.1. The van der Waals surface area contributed by atoms with Crippen molar-refractivity contribution < 1.29 is 32.6 Å². The van der Waals surface area contributed by atoms with Crippen molar-refractivity contribution in [3.05, 3.63) is 29.0 Å². The van der Waals surface area contributed by atoms with Gasteiger partial charge < -0.3 is 20.5 Å². The van der Waals surface area contributed by atoms with Crippen LogP contribution in [0.25, 0.3) is 0 Å². The summed E-state index contributed by atoms with van der Waals surface area (Å²) in [5.74, 6) is -2.28. The molecule has 10 heteroatoms. The minimum absolute atomic E-state index is 0.0458. The molecule has 2 unspecified atom stereocenters. The van der Waals surface area contributed by atoms with Crippen LogP contribution in [0.3, 0.4) is 0 Å². The van der Waals surface area contributed by atoms with Crippen LogP contribution in [0.2, 0.25) is 5.02 Å². The molecule has 182 valence electrons. The molecular formula is C23H28ClF3N2O4. The number of ether oxygens (including phenoxy) is 1. The van der Waals surface area contributed by atoms with E-state index < -0.39 is 47.2 Å². The first-order chi connectivity index (χ1) is 15.6. The third-order valence-electron chi connectivity index (χ3n) is 7.56. The standard InChI is InChI=1S/C23H28ClF3N2O4/c24-16-4-3-15(10-17(16)25)33-12-19(31)28-23-7-5-22(6-8-23,11-18(23)30)29-21(32)14-2-1-13(9-14)20(26)27/h3-4,10,13-14,18,20,30H,1-2,5-9,11-12H2,(H,28,31)(H,29,32)/t13?,14?,18-,22?,23?/m0/s1. The first-order valence-electron chi connectivity index (χ1n) is 11.3. The molecule has 0 aromatic heterocycles. The number of rotatable bonds is 7. The lowest BCUT2D eigenvalue weighted by molar-refractivity contribution is -0.137. The molecule has 1 aromatic carbocycles. The Morgan fingerprint density at radius 3 is 2.52 bits per heavy atom. The van der Waals surface area contributed by atoms with Gasteiger partial charge in [-0.25, -0.2) is 13.2 Å². The molecule has 0 spiro atoms. The largest absolute Gasteiger partial charge is 0.484 e. The van der Waals surface area contributed by atoms with Crippen molar-refractivity contribution in [2.45, 2.75) is 75.0 Å². The van der Waals surface area contributed by atoms with Crippen molar-refractivity contribution in [2.75, 3.05) is 6.61 Å². The Hall–Kier alpha value is -2.00. The molecule has 2 bridgehead atoms. The van der Waals surface area contributed by atoms with Crippen LogP contribution in [0.4, 0.5) is 13.2 Å². The second kappa shape index (κ2) is 9.33. The maximum absolute atomic E-state index is 13.5. The summed E-state index contributed by atoms with van der Waals surface area (Å²) < 4.78 is 44.7. The highest BCUT2D eigenvalue weighted by Crippen LogP contribution is 2.47. The Morgan fingerprint density at radius 1 is 1.18 bits per heavy atom. The summed E-state index contributed by atoms with van der Waals surface area (Å²) in [6.07, 6.45) is 0.109. The van der Waals surface area contributed by atoms with Crippen LogP contribution in [0.15, 0.2) is 18.2 Å². The lowest BCUT2D eigenvalue weighted by Gasteiger charge is -2.56. The molecule has 4 fully saturated rings. The van der Waals surface area contributed by atoms with Gasteiger partial charge in [-0.3, -0.25) is 9.59 Å². The average Bonchev–Trinajstić information content (AvgIpc) is 3.27. The number of carbonyl (C=O) groups excluding carboxylic acids is 2. The van der Waals surface area contributed by atoms with E-state index in [9.17, 15) is 27.9 Å². The van der Waals surface area contributed by atoms with E-state index in [0.29, 0.717) is 38.5 Å². The fraction of sp³-hybridized carbons (Fsp3) is 0.652. The molecule has 1 aromatic rings. The number of hydrogen-bond acceptors (Lipinski definition) is 4. The molecule has 5 rings (SSSR count). The van der Waals surface area contributed by atoms with Gasteiger partial charge in [0.25, 0.3) is 5.91 Å². The van der Waals surface area contributed by atoms with E-state index in [1.165, 1.54) is 12.1 Å². The van der Waals surface area contributed by atoms with Crippen molar-refractivity contribution in [3.8, 4) is 5.75 Å². The van der Waals surface area contributed by atoms with Crippen LogP contribution in [0.1, 0.15) is 51.4 Å². The predicted octanol–water partition coefficient (Wildman–Crippen LogP) is 3.59. The van der Waals surface area contributed by atoms with Gasteiger partial charge in [-0.15, -0.1) is 0 Å². The van der Waals surface area contributed by atoms with Gasteiger partial charge in [-0.05, 0) is 63.5 Å². The molecule has 3 atom stereocenters. The normalized spacial score (nSPS) is 33.2. The highest BCUT2D eigenvalue weighted by atomic mass is 35.5. The van der Waals surface area contributed by atoms with Crippen LogP contribution < -0.4 is 15.4 Å². The monoisotopic (exact) mass is 488 g/mol. The van der Waals surface area contributed by atoms with Gasteiger partial charge in [0.15, 0.2) is 6.61 Å². The third-order valence-corrected chi connectivity index (χ3v) is 7.87. The van der Waals surface area contributed by atoms with Crippen LogP contribution in [-0.4, -0.2) is 47.1 Å². The molecule has 4 aliphatic rings. The number of aliphatic hydroxyl groups is 1. The van der Waals surface area contributed by atoms with Gasteiger partial charge in [-0.2, -0.15) is 0 Å². The lowest BCUT2D eigenvalue weighted by atomic mass is 9.59. The quantitative estimate of drug-likeness (QED) is 0.547. The summed E-state index contributed by atoms with van der Waals surface area (Å²) >= 11 is 5.63. The summed E-state index contributed by atoms with van der Waals surface area (Å²) in [5.41, 5.74) is -1.39. The summed E-state index contributed by atoms with van der Waals surface area (Å²) in [7, 11) is 0. The van der Waals surface area contributed by atoms with E-state index in [4.69, 9.17) is 16.3 Å². The molecule has 4 saturated carbocycles. The Kier molecular flexibility index (Phi) is 6.82. The lowest BCUT2D eigenvalue weighted by Crippen LogP contribution is -2.70. The van der Waals surface area contributed by atoms with Gasteiger partial charge in [0.2, 0.25) is 12.3 Å².